The van der Waals surface area contributed by atoms with Crippen LogP contribution in [-0.4, -0.2) is 51.3 Å². The molecule has 1 atom stereocenters. The molecule has 0 saturated carbocycles. The minimum Gasteiger partial charge on any atom is -0.493 e. The van der Waals surface area contributed by atoms with Crippen molar-refractivity contribution in [2.45, 2.75) is 31.8 Å². The Bertz CT molecular complexity index is 486. The number of hydrogen-bond donors (Lipinski definition) is 1. The predicted octanol–water partition coefficient (Wildman–Crippen LogP) is 2.32. The van der Waals surface area contributed by atoms with E-state index in [2.05, 4.69) is 35.5 Å². The van der Waals surface area contributed by atoms with Gasteiger partial charge in [0, 0.05) is 13.1 Å². The Hall–Kier alpha value is -1.26. The molecule has 22 heavy (non-hydrogen) atoms. The van der Waals surface area contributed by atoms with Gasteiger partial charge in [0.2, 0.25) is 0 Å². The fraction of sp³-hybridized carbons (Fsp3) is 0.667. The molecule has 1 unspecified atom stereocenters. The zero-order valence-electron chi connectivity index (χ0n) is 13.8. The number of rotatable bonds is 5. The molecule has 1 aromatic carbocycles. The molecule has 4 nitrogen and oxygen atoms in total. The molecule has 4 heteroatoms. The molecular formula is C18H28N2O2. The summed E-state index contributed by atoms with van der Waals surface area (Å²) in [6.45, 7) is 4.42. The highest BCUT2D eigenvalue weighted by atomic mass is 16.5. The summed E-state index contributed by atoms with van der Waals surface area (Å²) in [7, 11) is 3.86. The molecule has 2 heterocycles. The summed E-state index contributed by atoms with van der Waals surface area (Å²) in [5.74, 6) is 2.55. The molecule has 0 amide bonds. The largest absolute Gasteiger partial charge is 0.493 e. The first-order chi connectivity index (χ1) is 10.7. The summed E-state index contributed by atoms with van der Waals surface area (Å²) in [5.41, 5.74) is 1.37. The third-order valence-corrected chi connectivity index (χ3v) is 4.85. The molecule has 0 bridgehead atoms. The van der Waals surface area contributed by atoms with Crippen LogP contribution in [0.5, 0.6) is 11.5 Å². The monoisotopic (exact) mass is 304 g/mol. The van der Waals surface area contributed by atoms with Crippen LogP contribution in [0.1, 0.15) is 24.8 Å². The van der Waals surface area contributed by atoms with Crippen molar-refractivity contribution in [2.75, 3.05) is 40.3 Å². The zero-order valence-corrected chi connectivity index (χ0v) is 13.8. The lowest BCUT2D eigenvalue weighted by Gasteiger charge is -2.23. The van der Waals surface area contributed by atoms with E-state index in [1.54, 1.807) is 7.11 Å². The highest BCUT2D eigenvalue weighted by Gasteiger charge is 2.22. The second-order valence-electron chi connectivity index (χ2n) is 6.67. The minimum absolute atomic E-state index is 0.285. The lowest BCUT2D eigenvalue weighted by molar-refractivity contribution is 0.199. The number of likely N-dealkylation sites (tertiary alicyclic amines) is 1. The van der Waals surface area contributed by atoms with Gasteiger partial charge in [-0.15, -0.1) is 0 Å². The van der Waals surface area contributed by atoms with Gasteiger partial charge in [0.1, 0.15) is 6.10 Å². The van der Waals surface area contributed by atoms with Crippen molar-refractivity contribution >= 4 is 0 Å². The molecule has 3 rings (SSSR count). The number of ether oxygens (including phenoxy) is 2. The van der Waals surface area contributed by atoms with E-state index in [9.17, 15) is 0 Å². The van der Waals surface area contributed by atoms with E-state index < -0.39 is 0 Å². The highest BCUT2D eigenvalue weighted by Crippen LogP contribution is 2.32. The Morgan fingerprint density at radius 3 is 2.68 bits per heavy atom. The normalized spacial score (nSPS) is 23.6. The van der Waals surface area contributed by atoms with E-state index >= 15 is 0 Å². The summed E-state index contributed by atoms with van der Waals surface area (Å²) in [5, 5.41) is 3.43. The average Bonchev–Trinajstić information content (AvgIpc) is 2.94. The number of benzene rings is 1. The van der Waals surface area contributed by atoms with Crippen LogP contribution in [-0.2, 0) is 6.42 Å². The Morgan fingerprint density at radius 2 is 2.00 bits per heavy atom. The standard InChI is InChI=1S/C18H28N2O2/c1-20-10-7-16(13-20)22-18-12-15(3-4-17(18)21-2)11-14-5-8-19-9-6-14/h3-4,12,14,16,19H,5-11,13H2,1-2H3. The van der Waals surface area contributed by atoms with Crippen molar-refractivity contribution < 1.29 is 9.47 Å². The number of likely N-dealkylation sites (N-methyl/N-ethyl adjacent to an activating group) is 1. The molecule has 2 saturated heterocycles. The van der Waals surface area contributed by atoms with Crippen molar-refractivity contribution in [1.82, 2.24) is 10.2 Å². The number of nitrogens with one attached hydrogen (secondary N) is 1. The minimum atomic E-state index is 0.285. The summed E-state index contributed by atoms with van der Waals surface area (Å²) >= 11 is 0. The van der Waals surface area contributed by atoms with Gasteiger partial charge < -0.3 is 19.7 Å². The van der Waals surface area contributed by atoms with Crippen molar-refractivity contribution in [3.63, 3.8) is 0 Å². The lowest BCUT2D eigenvalue weighted by Crippen LogP contribution is -2.28. The Kier molecular flexibility index (Phi) is 5.21. The highest BCUT2D eigenvalue weighted by molar-refractivity contribution is 5.43. The second-order valence-corrected chi connectivity index (χ2v) is 6.67. The molecule has 0 aliphatic carbocycles. The van der Waals surface area contributed by atoms with E-state index in [-0.39, 0.29) is 6.10 Å². The number of nitrogens with zero attached hydrogens (tertiary/aromatic N) is 1. The second kappa shape index (κ2) is 7.34. The van der Waals surface area contributed by atoms with Crippen LogP contribution in [0.15, 0.2) is 18.2 Å². The van der Waals surface area contributed by atoms with Gasteiger partial charge in [0.05, 0.1) is 7.11 Å². The van der Waals surface area contributed by atoms with Gasteiger partial charge in [-0.3, -0.25) is 0 Å². The Morgan fingerprint density at radius 1 is 1.18 bits per heavy atom. The van der Waals surface area contributed by atoms with Gasteiger partial charge in [-0.25, -0.2) is 0 Å². The Balaban J connectivity index is 1.68. The van der Waals surface area contributed by atoms with Gasteiger partial charge in [-0.2, -0.15) is 0 Å². The van der Waals surface area contributed by atoms with E-state index in [0.29, 0.717) is 0 Å². The molecule has 1 N–H and O–H groups in total. The quantitative estimate of drug-likeness (QED) is 0.905. The molecular weight excluding hydrogens is 276 g/mol. The molecule has 2 aliphatic rings. The van der Waals surface area contributed by atoms with Crippen molar-refractivity contribution in [3.8, 4) is 11.5 Å². The van der Waals surface area contributed by atoms with Crippen LogP contribution in [0.3, 0.4) is 0 Å². The molecule has 122 valence electrons. The van der Waals surface area contributed by atoms with Crippen LogP contribution in [0.4, 0.5) is 0 Å². The summed E-state index contributed by atoms with van der Waals surface area (Å²) < 4.78 is 11.7. The zero-order chi connectivity index (χ0) is 15.4. The van der Waals surface area contributed by atoms with Crippen LogP contribution in [0, 0.1) is 5.92 Å². The van der Waals surface area contributed by atoms with E-state index in [4.69, 9.17) is 9.47 Å². The van der Waals surface area contributed by atoms with Crippen LogP contribution >= 0.6 is 0 Å². The maximum absolute atomic E-state index is 6.22. The first kappa shape index (κ1) is 15.6. The molecule has 2 fully saturated rings. The maximum atomic E-state index is 6.22. The number of hydrogen-bond acceptors (Lipinski definition) is 4. The molecule has 0 aromatic heterocycles. The van der Waals surface area contributed by atoms with Gasteiger partial charge in [0.15, 0.2) is 11.5 Å². The smallest absolute Gasteiger partial charge is 0.161 e. The van der Waals surface area contributed by atoms with Crippen LogP contribution in [0.25, 0.3) is 0 Å². The summed E-state index contributed by atoms with van der Waals surface area (Å²) in [4.78, 5) is 2.32. The van der Waals surface area contributed by atoms with Gasteiger partial charge in [-0.1, -0.05) is 6.07 Å². The summed E-state index contributed by atoms with van der Waals surface area (Å²) in [6.07, 6.45) is 5.07. The average molecular weight is 304 g/mol. The predicted molar refractivity (Wildman–Crippen MR) is 88.8 cm³/mol. The Labute approximate surface area is 133 Å². The molecule has 2 aliphatic heterocycles. The maximum Gasteiger partial charge on any atom is 0.161 e. The van der Waals surface area contributed by atoms with E-state index in [0.717, 1.165) is 56.4 Å². The lowest BCUT2D eigenvalue weighted by atomic mass is 9.91. The van der Waals surface area contributed by atoms with Crippen molar-refractivity contribution in [2.24, 2.45) is 5.92 Å². The number of methoxy groups -OCH3 is 1. The third kappa shape index (κ3) is 3.93. The van der Waals surface area contributed by atoms with E-state index in [1.165, 1.54) is 18.4 Å². The summed E-state index contributed by atoms with van der Waals surface area (Å²) in [6, 6.07) is 6.44. The van der Waals surface area contributed by atoms with E-state index in [1.807, 2.05) is 0 Å². The third-order valence-electron chi connectivity index (χ3n) is 4.85. The van der Waals surface area contributed by atoms with Crippen molar-refractivity contribution in [3.05, 3.63) is 23.8 Å². The molecule has 0 spiro atoms. The SMILES string of the molecule is COc1ccc(CC2CCNCC2)cc1OC1CCN(C)C1. The fourth-order valence-electron chi connectivity index (χ4n) is 3.53. The fourth-order valence-corrected chi connectivity index (χ4v) is 3.53. The molecule has 0 radical (unpaired) electrons. The van der Waals surface area contributed by atoms with Crippen LogP contribution in [0.2, 0.25) is 0 Å². The van der Waals surface area contributed by atoms with Gasteiger partial charge >= 0.3 is 0 Å². The first-order valence-corrected chi connectivity index (χ1v) is 8.47. The van der Waals surface area contributed by atoms with Gasteiger partial charge in [-0.05, 0) is 69.4 Å². The van der Waals surface area contributed by atoms with Gasteiger partial charge in [0.25, 0.3) is 0 Å². The van der Waals surface area contributed by atoms with Crippen LogP contribution < -0.4 is 14.8 Å². The van der Waals surface area contributed by atoms with Crippen molar-refractivity contribution in [1.29, 1.82) is 0 Å². The number of piperidine rings is 1. The topological polar surface area (TPSA) is 33.7 Å². The molecule has 1 aromatic rings. The first-order valence-electron chi connectivity index (χ1n) is 8.47.